The molecule has 0 unspecified atom stereocenters. The molecule has 1 saturated carbocycles. The largest absolute Gasteiger partial charge is 0.368 e. The molecular weight excluding hydrogens is 374 g/mol. The molecule has 1 aliphatic carbocycles. The van der Waals surface area contributed by atoms with E-state index >= 15 is 0 Å². The lowest BCUT2D eigenvalue weighted by Crippen LogP contribution is -2.43. The molecule has 1 aromatic carbocycles. The van der Waals surface area contributed by atoms with Gasteiger partial charge in [0.05, 0.1) is 17.4 Å². The summed E-state index contributed by atoms with van der Waals surface area (Å²) in [6, 6.07) is 9.14. The maximum absolute atomic E-state index is 4.88. The first-order chi connectivity index (χ1) is 14.8. The second-order valence-corrected chi connectivity index (χ2v) is 8.31. The molecule has 30 heavy (non-hydrogen) atoms. The summed E-state index contributed by atoms with van der Waals surface area (Å²) in [6.45, 7) is 6.19. The van der Waals surface area contributed by atoms with Crippen LogP contribution in [0.5, 0.6) is 0 Å². The zero-order valence-electron chi connectivity index (χ0n) is 17.1. The highest BCUT2D eigenvalue weighted by atomic mass is 15.2. The number of anilines is 3. The van der Waals surface area contributed by atoms with E-state index in [1.807, 2.05) is 12.4 Å². The number of piperazine rings is 1. The number of rotatable bonds is 4. The average molecular weight is 400 g/mol. The van der Waals surface area contributed by atoms with Crippen molar-refractivity contribution in [3.8, 4) is 0 Å². The Morgan fingerprint density at radius 2 is 1.87 bits per heavy atom. The van der Waals surface area contributed by atoms with Crippen LogP contribution in [0.25, 0.3) is 21.8 Å². The summed E-state index contributed by atoms with van der Waals surface area (Å²) in [6.07, 6.45) is 8.55. The van der Waals surface area contributed by atoms with E-state index in [-0.39, 0.29) is 0 Å². The summed E-state index contributed by atoms with van der Waals surface area (Å²) in [7, 11) is 0. The van der Waals surface area contributed by atoms with Gasteiger partial charge in [0.25, 0.3) is 0 Å². The molecule has 6 rings (SSSR count). The highest BCUT2D eigenvalue weighted by Crippen LogP contribution is 2.39. The van der Waals surface area contributed by atoms with E-state index in [9.17, 15) is 0 Å². The summed E-state index contributed by atoms with van der Waals surface area (Å²) in [5, 5.41) is 9.00. The average Bonchev–Trinajstić information content (AvgIpc) is 3.52. The van der Waals surface area contributed by atoms with Crippen LogP contribution >= 0.6 is 0 Å². The summed E-state index contributed by atoms with van der Waals surface area (Å²) in [4.78, 5) is 16.4. The number of pyridine rings is 1. The molecular formula is C23H25N7. The maximum atomic E-state index is 4.88. The van der Waals surface area contributed by atoms with Gasteiger partial charge in [-0.15, -0.1) is 0 Å². The molecule has 2 fully saturated rings. The molecule has 2 N–H and O–H groups in total. The number of aromatic nitrogens is 4. The smallest absolute Gasteiger partial charge is 0.228 e. The minimum absolute atomic E-state index is 0.584. The Hall–Kier alpha value is -3.19. The topological polar surface area (TPSA) is 70.9 Å². The lowest BCUT2D eigenvalue weighted by Gasteiger charge is -2.30. The van der Waals surface area contributed by atoms with Gasteiger partial charge in [0.15, 0.2) is 0 Å². The van der Waals surface area contributed by atoms with Crippen molar-refractivity contribution in [1.29, 1.82) is 0 Å². The van der Waals surface area contributed by atoms with Crippen LogP contribution in [0, 0.1) is 6.92 Å². The number of hydrogen-bond donors (Lipinski definition) is 2. The third-order valence-electron chi connectivity index (χ3n) is 6.15. The first kappa shape index (κ1) is 17.7. The number of benzene rings is 1. The van der Waals surface area contributed by atoms with E-state index in [1.165, 1.54) is 35.0 Å². The Morgan fingerprint density at radius 1 is 1.03 bits per heavy atom. The Morgan fingerprint density at radius 3 is 2.67 bits per heavy atom. The first-order valence-electron chi connectivity index (χ1n) is 10.7. The molecule has 1 saturated heterocycles. The summed E-state index contributed by atoms with van der Waals surface area (Å²) in [5.41, 5.74) is 4.61. The molecule has 4 heterocycles. The quantitative estimate of drug-likeness (QED) is 0.544. The highest BCUT2D eigenvalue weighted by Gasteiger charge is 2.25. The SMILES string of the molecule is Cc1cc(Nc2ncc3ccc4ccn(C5CC5)c4c3n2)ncc1N1CCNCC1. The van der Waals surface area contributed by atoms with E-state index in [0.717, 1.165) is 42.9 Å². The number of fused-ring (bicyclic) bond motifs is 3. The lowest BCUT2D eigenvalue weighted by molar-refractivity contribution is 0.588. The van der Waals surface area contributed by atoms with Crippen LogP contribution in [0.3, 0.4) is 0 Å². The van der Waals surface area contributed by atoms with Gasteiger partial charge in [-0.05, 0) is 37.5 Å². The number of nitrogens with one attached hydrogen (secondary N) is 2. The van der Waals surface area contributed by atoms with Gasteiger partial charge in [0.1, 0.15) is 11.3 Å². The van der Waals surface area contributed by atoms with Crippen LogP contribution in [0.2, 0.25) is 0 Å². The van der Waals surface area contributed by atoms with Gasteiger partial charge in [0, 0.05) is 55.4 Å². The predicted molar refractivity (Wildman–Crippen MR) is 121 cm³/mol. The summed E-state index contributed by atoms with van der Waals surface area (Å²) in [5.74, 6) is 1.36. The van der Waals surface area contributed by atoms with E-state index in [4.69, 9.17) is 4.98 Å². The third-order valence-corrected chi connectivity index (χ3v) is 6.15. The van der Waals surface area contributed by atoms with Gasteiger partial charge in [0.2, 0.25) is 5.95 Å². The fourth-order valence-electron chi connectivity index (χ4n) is 4.42. The molecule has 0 spiro atoms. The molecule has 0 radical (unpaired) electrons. The normalized spacial score (nSPS) is 17.0. The first-order valence-corrected chi connectivity index (χ1v) is 10.7. The number of aryl methyl sites for hydroxylation is 1. The van der Waals surface area contributed by atoms with Crippen molar-refractivity contribution in [2.45, 2.75) is 25.8 Å². The Balaban J connectivity index is 1.34. The highest BCUT2D eigenvalue weighted by molar-refractivity contribution is 6.03. The summed E-state index contributed by atoms with van der Waals surface area (Å²) < 4.78 is 2.37. The monoisotopic (exact) mass is 399 g/mol. The van der Waals surface area contributed by atoms with Gasteiger partial charge in [-0.25, -0.2) is 15.0 Å². The zero-order valence-corrected chi connectivity index (χ0v) is 17.1. The maximum Gasteiger partial charge on any atom is 0.228 e. The minimum Gasteiger partial charge on any atom is -0.368 e. The molecule has 4 aromatic rings. The molecule has 1 aliphatic heterocycles. The third kappa shape index (κ3) is 3.06. The fourth-order valence-corrected chi connectivity index (χ4v) is 4.42. The predicted octanol–water partition coefficient (Wildman–Crippen LogP) is 3.78. The molecule has 7 heteroatoms. The van der Waals surface area contributed by atoms with Crippen molar-refractivity contribution >= 4 is 39.3 Å². The van der Waals surface area contributed by atoms with E-state index in [0.29, 0.717) is 12.0 Å². The van der Waals surface area contributed by atoms with Gasteiger partial charge in [-0.1, -0.05) is 12.1 Å². The van der Waals surface area contributed by atoms with Crippen molar-refractivity contribution in [1.82, 2.24) is 24.8 Å². The standard InChI is InChI=1S/C23H25N7/c1-15-12-20(25-14-19(15)29-10-7-24-8-11-29)27-23-26-13-17-3-2-16-6-9-30(18-4-5-18)22(16)21(17)28-23/h2-3,6,9,12-14,18,24H,4-5,7-8,10-11H2,1H3,(H,25,26,27,28). The molecule has 3 aromatic heterocycles. The van der Waals surface area contributed by atoms with Crippen LogP contribution in [-0.2, 0) is 0 Å². The van der Waals surface area contributed by atoms with Gasteiger partial charge >= 0.3 is 0 Å². The lowest BCUT2D eigenvalue weighted by atomic mass is 10.2. The van der Waals surface area contributed by atoms with Crippen LogP contribution in [0.4, 0.5) is 17.5 Å². The fraction of sp³-hybridized carbons (Fsp3) is 0.348. The van der Waals surface area contributed by atoms with Gasteiger partial charge < -0.3 is 20.1 Å². The zero-order chi connectivity index (χ0) is 20.1. The van der Waals surface area contributed by atoms with Crippen molar-refractivity contribution in [2.24, 2.45) is 0 Å². The Kier molecular flexibility index (Phi) is 4.09. The van der Waals surface area contributed by atoms with Crippen molar-refractivity contribution in [3.63, 3.8) is 0 Å². The van der Waals surface area contributed by atoms with Crippen LogP contribution in [-0.4, -0.2) is 45.7 Å². The van der Waals surface area contributed by atoms with Crippen LogP contribution in [0.15, 0.2) is 42.9 Å². The number of nitrogens with zero attached hydrogens (tertiary/aromatic N) is 5. The Labute approximate surface area is 175 Å². The second kappa shape index (κ2) is 6.95. The minimum atomic E-state index is 0.584. The van der Waals surface area contributed by atoms with E-state index in [2.05, 4.69) is 67.5 Å². The van der Waals surface area contributed by atoms with Crippen molar-refractivity contribution in [2.75, 3.05) is 36.4 Å². The molecule has 0 amide bonds. The van der Waals surface area contributed by atoms with Crippen molar-refractivity contribution < 1.29 is 0 Å². The second-order valence-electron chi connectivity index (χ2n) is 8.31. The van der Waals surface area contributed by atoms with E-state index in [1.54, 1.807) is 0 Å². The van der Waals surface area contributed by atoms with Crippen LogP contribution in [0.1, 0.15) is 24.4 Å². The van der Waals surface area contributed by atoms with Gasteiger partial charge in [-0.2, -0.15) is 0 Å². The van der Waals surface area contributed by atoms with Crippen molar-refractivity contribution in [3.05, 3.63) is 48.4 Å². The number of hydrogen-bond acceptors (Lipinski definition) is 6. The molecule has 7 nitrogen and oxygen atoms in total. The summed E-state index contributed by atoms with van der Waals surface area (Å²) >= 11 is 0. The molecule has 152 valence electrons. The molecule has 2 aliphatic rings. The molecule has 0 bridgehead atoms. The van der Waals surface area contributed by atoms with Gasteiger partial charge in [-0.3, -0.25) is 0 Å². The molecule has 0 atom stereocenters. The van der Waals surface area contributed by atoms with Crippen LogP contribution < -0.4 is 15.5 Å². The van der Waals surface area contributed by atoms with E-state index < -0.39 is 0 Å². The Bertz CT molecular complexity index is 1240.